The number of rotatable bonds is 3. The van der Waals surface area contributed by atoms with Crippen molar-refractivity contribution < 1.29 is 9.53 Å². The van der Waals surface area contributed by atoms with E-state index in [0.717, 1.165) is 25.9 Å². The Morgan fingerprint density at radius 1 is 1.69 bits per heavy atom. The van der Waals surface area contributed by atoms with Gasteiger partial charge in [-0.25, -0.2) is 0 Å². The highest BCUT2D eigenvalue weighted by molar-refractivity contribution is 5.71. The maximum atomic E-state index is 11.1. The number of hydrogen-bond acceptors (Lipinski definition) is 3. The second kappa shape index (κ2) is 5.22. The highest BCUT2D eigenvalue weighted by Crippen LogP contribution is 2.27. The predicted molar refractivity (Wildman–Crippen MR) is 51.1 cm³/mol. The monoisotopic (exact) mass is 184 g/mol. The zero-order valence-corrected chi connectivity index (χ0v) is 8.43. The molecule has 0 aromatic heterocycles. The molecule has 1 heterocycles. The summed E-state index contributed by atoms with van der Waals surface area (Å²) in [5, 5.41) is 3.33. The molecule has 0 bridgehead atoms. The lowest BCUT2D eigenvalue weighted by molar-refractivity contribution is -0.140. The van der Waals surface area contributed by atoms with Gasteiger partial charge in [-0.1, -0.05) is 13.3 Å². The average molecular weight is 184 g/mol. The molecule has 1 rings (SSSR count). The van der Waals surface area contributed by atoms with Crippen LogP contribution in [0.15, 0.2) is 0 Å². The van der Waals surface area contributed by atoms with E-state index in [4.69, 9.17) is 0 Å². The van der Waals surface area contributed by atoms with Crippen LogP contribution in [0, 0.1) is 11.8 Å². The summed E-state index contributed by atoms with van der Waals surface area (Å²) in [4.78, 5) is 11.1. The lowest BCUT2D eigenvalue weighted by Gasteiger charge is -2.30. The van der Waals surface area contributed by atoms with Crippen molar-refractivity contribution in [1.29, 1.82) is 0 Å². The maximum Gasteiger partial charge on any atom is 0.306 e. The molecule has 1 unspecified atom stereocenters. The Morgan fingerprint density at radius 2 is 2.46 bits per heavy atom. The van der Waals surface area contributed by atoms with E-state index in [1.807, 2.05) is 0 Å². The smallest absolute Gasteiger partial charge is 0.306 e. The van der Waals surface area contributed by atoms with Crippen LogP contribution in [0.2, 0.25) is 0 Å². The third-order valence-electron chi connectivity index (χ3n) is 2.68. The lowest BCUT2D eigenvalue weighted by atomic mass is 9.82. The molecule has 0 aromatic rings. The van der Waals surface area contributed by atoms with E-state index in [2.05, 4.69) is 17.0 Å². The van der Waals surface area contributed by atoms with E-state index in [1.165, 1.54) is 13.0 Å². The highest BCUT2D eigenvalue weighted by atomic mass is 16.5. The summed E-state index contributed by atoms with van der Waals surface area (Å²) in [5.41, 5.74) is 0. The van der Waals surface area contributed by atoms with Crippen LogP contribution in [-0.2, 0) is 9.53 Å². The van der Waals surface area contributed by atoms with Gasteiger partial charge in [-0.15, -0.1) is 0 Å². The van der Waals surface area contributed by atoms with Gasteiger partial charge in [-0.3, -0.25) is 4.79 Å². The summed E-state index contributed by atoms with van der Waals surface area (Å²) in [5.74, 6) is 1.82. The van der Waals surface area contributed by atoms with Crippen LogP contribution >= 0.6 is 0 Å². The molecule has 1 aliphatic heterocycles. The van der Waals surface area contributed by atoms with Crippen LogP contribution in [0.4, 0.5) is 0 Å². The summed E-state index contributed by atoms with van der Waals surface area (Å²) in [6.07, 6.45) is 2.64. The summed E-state index contributed by atoms with van der Waals surface area (Å²) in [6.45, 7) is 4.18. The van der Waals surface area contributed by atoms with Gasteiger partial charge in [0.2, 0.25) is 0 Å². The molecule has 0 aliphatic carbocycles. The largest absolute Gasteiger partial charge is 0.469 e. The van der Waals surface area contributed by atoms with Crippen molar-refractivity contribution in [2.45, 2.75) is 26.2 Å². The summed E-state index contributed by atoms with van der Waals surface area (Å²) >= 11 is 0. The first-order valence-corrected chi connectivity index (χ1v) is 4.90. The first kappa shape index (κ1) is 10.5. The molecule has 0 saturated carbocycles. The third-order valence-corrected chi connectivity index (χ3v) is 2.68. The van der Waals surface area contributed by atoms with Crippen LogP contribution in [0.25, 0.3) is 0 Å². The lowest BCUT2D eigenvalue weighted by Crippen LogP contribution is -2.36. The van der Waals surface area contributed by atoms with Crippen molar-refractivity contribution >= 4 is 5.97 Å². The summed E-state index contributed by atoms with van der Waals surface area (Å²) in [6, 6.07) is 0. The standard InChI is InChI=1S/C10H18NO2/c1-3-8-7-11-5-4-9(8)6-10(12)13-2/h8,11H,3-7H2,1-2H3. The summed E-state index contributed by atoms with van der Waals surface area (Å²) in [7, 11) is 1.45. The first-order chi connectivity index (χ1) is 6.27. The van der Waals surface area contributed by atoms with Gasteiger partial charge < -0.3 is 10.1 Å². The van der Waals surface area contributed by atoms with Gasteiger partial charge in [0.05, 0.1) is 13.5 Å². The number of methoxy groups -OCH3 is 1. The zero-order valence-electron chi connectivity index (χ0n) is 8.43. The van der Waals surface area contributed by atoms with Crippen molar-refractivity contribution in [3.63, 3.8) is 0 Å². The molecule has 1 aliphatic rings. The van der Waals surface area contributed by atoms with Gasteiger partial charge in [0.1, 0.15) is 0 Å². The Hall–Kier alpha value is -0.570. The van der Waals surface area contributed by atoms with Crippen molar-refractivity contribution in [3.8, 4) is 0 Å². The number of esters is 1. The van der Waals surface area contributed by atoms with Gasteiger partial charge in [0.25, 0.3) is 0 Å². The number of hydrogen-bond donors (Lipinski definition) is 1. The van der Waals surface area contributed by atoms with Gasteiger partial charge in [-0.05, 0) is 31.3 Å². The van der Waals surface area contributed by atoms with Crippen molar-refractivity contribution in [3.05, 3.63) is 5.92 Å². The van der Waals surface area contributed by atoms with Crippen LogP contribution < -0.4 is 5.32 Å². The van der Waals surface area contributed by atoms with Crippen LogP contribution in [0.1, 0.15) is 26.2 Å². The van der Waals surface area contributed by atoms with E-state index >= 15 is 0 Å². The molecule has 1 radical (unpaired) electrons. The van der Waals surface area contributed by atoms with Crippen molar-refractivity contribution in [2.75, 3.05) is 20.2 Å². The number of piperidine rings is 1. The van der Waals surface area contributed by atoms with E-state index in [9.17, 15) is 4.79 Å². The Labute approximate surface area is 79.8 Å². The van der Waals surface area contributed by atoms with Crippen LogP contribution in [0.3, 0.4) is 0 Å². The molecule has 13 heavy (non-hydrogen) atoms. The van der Waals surface area contributed by atoms with E-state index in [1.54, 1.807) is 0 Å². The summed E-state index contributed by atoms with van der Waals surface area (Å²) < 4.78 is 4.67. The number of ether oxygens (including phenoxy) is 1. The molecule has 1 fully saturated rings. The number of carbonyl (C=O) groups is 1. The number of carbonyl (C=O) groups excluding carboxylic acids is 1. The molecule has 1 saturated heterocycles. The molecule has 1 atom stereocenters. The molecule has 3 heteroatoms. The van der Waals surface area contributed by atoms with Gasteiger partial charge in [0, 0.05) is 0 Å². The minimum Gasteiger partial charge on any atom is -0.469 e. The Bertz CT molecular complexity index is 170. The van der Waals surface area contributed by atoms with Crippen LogP contribution in [-0.4, -0.2) is 26.2 Å². The second-order valence-electron chi connectivity index (χ2n) is 3.47. The highest BCUT2D eigenvalue weighted by Gasteiger charge is 2.26. The molecular weight excluding hydrogens is 166 g/mol. The number of nitrogens with one attached hydrogen (secondary N) is 1. The second-order valence-corrected chi connectivity index (χ2v) is 3.47. The third kappa shape index (κ3) is 2.99. The Kier molecular flexibility index (Phi) is 4.22. The topological polar surface area (TPSA) is 38.3 Å². The fourth-order valence-corrected chi connectivity index (χ4v) is 1.80. The van der Waals surface area contributed by atoms with Gasteiger partial charge in [-0.2, -0.15) is 0 Å². The van der Waals surface area contributed by atoms with E-state index in [0.29, 0.717) is 12.3 Å². The minimum absolute atomic E-state index is 0.102. The molecular formula is C10H18NO2. The normalized spacial score (nSPS) is 24.3. The average Bonchev–Trinajstić information content (AvgIpc) is 2.18. The Balaban J connectivity index is 2.40. The Morgan fingerprint density at radius 3 is 3.08 bits per heavy atom. The molecule has 0 spiro atoms. The molecule has 0 amide bonds. The molecule has 3 nitrogen and oxygen atoms in total. The maximum absolute atomic E-state index is 11.1. The SMILES string of the molecule is CCC1CNCC[C]1CC(=O)OC. The van der Waals surface area contributed by atoms with Gasteiger partial charge >= 0.3 is 5.97 Å². The van der Waals surface area contributed by atoms with Crippen molar-refractivity contribution in [1.82, 2.24) is 5.32 Å². The van der Waals surface area contributed by atoms with Crippen LogP contribution in [0.5, 0.6) is 0 Å². The predicted octanol–water partition coefficient (Wildman–Crippen LogP) is 1.14. The van der Waals surface area contributed by atoms with Crippen molar-refractivity contribution in [2.24, 2.45) is 5.92 Å². The fourth-order valence-electron chi connectivity index (χ4n) is 1.80. The van der Waals surface area contributed by atoms with Gasteiger partial charge in [0.15, 0.2) is 0 Å². The molecule has 1 N–H and O–H groups in total. The van der Waals surface area contributed by atoms with E-state index < -0.39 is 0 Å². The first-order valence-electron chi connectivity index (χ1n) is 4.90. The minimum atomic E-state index is -0.102. The fraction of sp³-hybridized carbons (Fsp3) is 0.800. The molecule has 0 aromatic carbocycles. The zero-order chi connectivity index (χ0) is 9.68. The quantitative estimate of drug-likeness (QED) is 0.668. The van der Waals surface area contributed by atoms with E-state index in [-0.39, 0.29) is 5.97 Å². The molecule has 75 valence electrons.